The fourth-order valence-electron chi connectivity index (χ4n) is 4.04. The molecule has 8 heteroatoms. The Bertz CT molecular complexity index is 1050. The molecule has 2 heterocycles. The van der Waals surface area contributed by atoms with Crippen molar-refractivity contribution < 1.29 is 23.7 Å². The second-order valence-corrected chi connectivity index (χ2v) is 7.26. The standard InChI is InChI=1S/C22H24FN3O4/c1-28-17-12-16-18(20(30-3)19(17)29-2)24-13-25-21(16)26-10-8-22(27,9-11-26)14-4-6-15(23)7-5-14/h4-7,12-13,27H,8-11H2,1-3H3. The Morgan fingerprint density at radius 2 is 1.63 bits per heavy atom. The first-order chi connectivity index (χ1) is 14.5. The summed E-state index contributed by atoms with van der Waals surface area (Å²) < 4.78 is 29.7. The number of aliphatic hydroxyl groups is 1. The van der Waals surface area contributed by atoms with Crippen molar-refractivity contribution in [3.63, 3.8) is 0 Å². The fourth-order valence-corrected chi connectivity index (χ4v) is 4.04. The molecule has 1 aromatic heterocycles. The van der Waals surface area contributed by atoms with Gasteiger partial charge in [0.25, 0.3) is 0 Å². The fraction of sp³-hybridized carbons (Fsp3) is 0.364. The summed E-state index contributed by atoms with van der Waals surface area (Å²) >= 11 is 0. The first kappa shape index (κ1) is 20.2. The third kappa shape index (κ3) is 3.37. The summed E-state index contributed by atoms with van der Waals surface area (Å²) in [6.07, 6.45) is 2.48. The van der Waals surface area contributed by atoms with Gasteiger partial charge in [0.2, 0.25) is 5.75 Å². The summed E-state index contributed by atoms with van der Waals surface area (Å²) in [6.45, 7) is 1.16. The van der Waals surface area contributed by atoms with Crippen molar-refractivity contribution in [2.75, 3.05) is 39.3 Å². The number of methoxy groups -OCH3 is 3. The minimum absolute atomic E-state index is 0.314. The number of hydrogen-bond acceptors (Lipinski definition) is 7. The molecule has 0 aliphatic carbocycles. The molecule has 4 rings (SSSR count). The van der Waals surface area contributed by atoms with Crippen LogP contribution >= 0.6 is 0 Å². The maximum atomic E-state index is 13.3. The van der Waals surface area contributed by atoms with Gasteiger partial charge in [-0.3, -0.25) is 0 Å². The van der Waals surface area contributed by atoms with Gasteiger partial charge in [-0.05, 0) is 36.6 Å². The van der Waals surface area contributed by atoms with Gasteiger partial charge in [-0.2, -0.15) is 0 Å². The highest BCUT2D eigenvalue weighted by atomic mass is 19.1. The quantitative estimate of drug-likeness (QED) is 0.688. The third-order valence-corrected chi connectivity index (χ3v) is 5.68. The van der Waals surface area contributed by atoms with Gasteiger partial charge in [0.1, 0.15) is 23.5 Å². The molecule has 0 atom stereocenters. The predicted molar refractivity (Wildman–Crippen MR) is 111 cm³/mol. The molecule has 1 aliphatic rings. The Morgan fingerprint density at radius 1 is 0.967 bits per heavy atom. The van der Waals surface area contributed by atoms with Crippen molar-refractivity contribution in [2.45, 2.75) is 18.4 Å². The maximum absolute atomic E-state index is 13.3. The van der Waals surface area contributed by atoms with Gasteiger partial charge in [0, 0.05) is 13.1 Å². The van der Waals surface area contributed by atoms with Crippen molar-refractivity contribution in [1.29, 1.82) is 0 Å². The van der Waals surface area contributed by atoms with Gasteiger partial charge in [0.05, 0.1) is 32.3 Å². The molecule has 0 amide bonds. The normalized spacial score (nSPS) is 15.8. The Morgan fingerprint density at radius 3 is 2.23 bits per heavy atom. The van der Waals surface area contributed by atoms with E-state index in [-0.39, 0.29) is 5.82 Å². The number of benzene rings is 2. The smallest absolute Gasteiger partial charge is 0.205 e. The van der Waals surface area contributed by atoms with Gasteiger partial charge in [0.15, 0.2) is 11.5 Å². The van der Waals surface area contributed by atoms with Crippen molar-refractivity contribution in [3.05, 3.63) is 48.0 Å². The van der Waals surface area contributed by atoms with Gasteiger partial charge in [-0.15, -0.1) is 0 Å². The van der Waals surface area contributed by atoms with Crippen LogP contribution in [-0.4, -0.2) is 49.5 Å². The Balaban J connectivity index is 1.68. The van der Waals surface area contributed by atoms with Crippen LogP contribution in [0.3, 0.4) is 0 Å². The van der Waals surface area contributed by atoms with Gasteiger partial charge >= 0.3 is 0 Å². The van der Waals surface area contributed by atoms with Crippen LogP contribution < -0.4 is 19.1 Å². The van der Waals surface area contributed by atoms with Crippen LogP contribution in [-0.2, 0) is 5.60 Å². The topological polar surface area (TPSA) is 76.9 Å². The summed E-state index contributed by atoms with van der Waals surface area (Å²) in [5.74, 6) is 1.90. The molecular weight excluding hydrogens is 389 g/mol. The molecule has 0 bridgehead atoms. The van der Waals surface area contributed by atoms with E-state index >= 15 is 0 Å². The van der Waals surface area contributed by atoms with Gasteiger partial charge in [-0.1, -0.05) is 12.1 Å². The molecule has 1 N–H and O–H groups in total. The summed E-state index contributed by atoms with van der Waals surface area (Å²) in [7, 11) is 4.67. The number of nitrogens with zero attached hydrogens (tertiary/aromatic N) is 3. The van der Waals surface area contributed by atoms with Crippen LogP contribution in [0.25, 0.3) is 10.9 Å². The second kappa shape index (κ2) is 7.95. The number of ether oxygens (including phenoxy) is 3. The summed E-state index contributed by atoms with van der Waals surface area (Å²) in [4.78, 5) is 11.0. The van der Waals surface area contributed by atoms with Gasteiger partial charge < -0.3 is 24.2 Å². The average molecular weight is 413 g/mol. The highest BCUT2D eigenvalue weighted by Crippen LogP contribution is 2.45. The molecule has 3 aromatic rings. The monoisotopic (exact) mass is 413 g/mol. The minimum Gasteiger partial charge on any atom is -0.493 e. The SMILES string of the molecule is COc1cc2c(N3CCC(O)(c4ccc(F)cc4)CC3)ncnc2c(OC)c1OC. The molecular formula is C22H24FN3O4. The second-order valence-electron chi connectivity index (χ2n) is 7.26. The molecule has 7 nitrogen and oxygen atoms in total. The number of anilines is 1. The van der Waals surface area contributed by atoms with Crippen LogP contribution in [0.4, 0.5) is 10.2 Å². The van der Waals surface area contributed by atoms with Crippen LogP contribution in [0.5, 0.6) is 17.2 Å². The maximum Gasteiger partial charge on any atom is 0.205 e. The van der Waals surface area contributed by atoms with Crippen LogP contribution in [0, 0.1) is 5.82 Å². The van der Waals surface area contributed by atoms with Crippen LogP contribution in [0.15, 0.2) is 36.7 Å². The van der Waals surface area contributed by atoms with Gasteiger partial charge in [-0.25, -0.2) is 14.4 Å². The van der Waals surface area contributed by atoms with Crippen molar-refractivity contribution in [3.8, 4) is 17.2 Å². The number of halogens is 1. The molecule has 0 saturated carbocycles. The highest BCUT2D eigenvalue weighted by Gasteiger charge is 2.35. The molecule has 1 aliphatic heterocycles. The molecule has 30 heavy (non-hydrogen) atoms. The summed E-state index contributed by atoms with van der Waals surface area (Å²) in [5.41, 5.74) is 0.356. The number of rotatable bonds is 5. The molecule has 2 aromatic carbocycles. The van der Waals surface area contributed by atoms with Crippen molar-refractivity contribution >= 4 is 16.7 Å². The molecule has 0 radical (unpaired) electrons. The Hall–Kier alpha value is -3.13. The number of hydrogen-bond donors (Lipinski definition) is 1. The van der Waals surface area contributed by atoms with E-state index < -0.39 is 5.60 Å². The van der Waals surface area contributed by atoms with E-state index in [1.807, 2.05) is 6.07 Å². The van der Waals surface area contributed by atoms with E-state index in [1.54, 1.807) is 33.5 Å². The summed E-state index contributed by atoms with van der Waals surface area (Å²) in [5, 5.41) is 11.9. The lowest BCUT2D eigenvalue weighted by Crippen LogP contribution is -2.43. The molecule has 0 spiro atoms. The first-order valence-electron chi connectivity index (χ1n) is 9.68. The minimum atomic E-state index is -0.994. The van der Waals surface area contributed by atoms with E-state index in [0.29, 0.717) is 48.7 Å². The van der Waals surface area contributed by atoms with E-state index in [4.69, 9.17) is 14.2 Å². The third-order valence-electron chi connectivity index (χ3n) is 5.68. The zero-order valence-corrected chi connectivity index (χ0v) is 17.2. The predicted octanol–water partition coefficient (Wildman–Crippen LogP) is 3.28. The summed E-state index contributed by atoms with van der Waals surface area (Å²) in [6, 6.07) is 7.89. The van der Waals surface area contributed by atoms with Crippen molar-refractivity contribution in [2.24, 2.45) is 0 Å². The largest absolute Gasteiger partial charge is 0.493 e. The number of aromatic nitrogens is 2. The van der Waals surface area contributed by atoms with E-state index in [0.717, 1.165) is 16.8 Å². The van der Waals surface area contributed by atoms with E-state index in [2.05, 4.69) is 14.9 Å². The average Bonchev–Trinajstić information content (AvgIpc) is 2.78. The van der Waals surface area contributed by atoms with E-state index in [1.165, 1.54) is 18.5 Å². The lowest BCUT2D eigenvalue weighted by atomic mass is 9.84. The number of fused-ring (bicyclic) bond motifs is 1. The van der Waals surface area contributed by atoms with Crippen molar-refractivity contribution in [1.82, 2.24) is 9.97 Å². The number of piperidine rings is 1. The van der Waals surface area contributed by atoms with E-state index in [9.17, 15) is 9.50 Å². The van der Waals surface area contributed by atoms with Crippen LogP contribution in [0.1, 0.15) is 18.4 Å². The molecule has 158 valence electrons. The zero-order valence-electron chi connectivity index (χ0n) is 17.2. The van der Waals surface area contributed by atoms with Crippen LogP contribution in [0.2, 0.25) is 0 Å². The Kier molecular flexibility index (Phi) is 5.34. The Labute approximate surface area is 174 Å². The highest BCUT2D eigenvalue weighted by molar-refractivity contribution is 5.97. The lowest BCUT2D eigenvalue weighted by molar-refractivity contribution is 0.0116. The molecule has 0 unspecified atom stereocenters. The molecule has 1 fully saturated rings. The zero-order chi connectivity index (χ0) is 21.3. The lowest BCUT2D eigenvalue weighted by Gasteiger charge is -2.39. The molecule has 1 saturated heterocycles. The first-order valence-corrected chi connectivity index (χ1v) is 9.68.